The summed E-state index contributed by atoms with van der Waals surface area (Å²) in [5.74, 6) is 0.349. The highest BCUT2D eigenvalue weighted by Gasteiger charge is 2.31. The van der Waals surface area contributed by atoms with Crippen LogP contribution in [0.3, 0.4) is 0 Å². The van der Waals surface area contributed by atoms with Crippen molar-refractivity contribution in [2.45, 2.75) is 110 Å². The first-order valence-electron chi connectivity index (χ1n) is 17.3. The number of benzene rings is 1. The zero-order valence-corrected chi connectivity index (χ0v) is 29.3. The molecule has 1 aromatic heterocycles. The second kappa shape index (κ2) is 17.5. The molecule has 13 heteroatoms. The topological polar surface area (TPSA) is 158 Å². The number of hydrogen-bond donors (Lipinski definition) is 4. The highest BCUT2D eigenvalue weighted by Crippen LogP contribution is 2.29. The standard InChI is InChI=1S/C35H54N6O7/c1-22-19-41(23(2)21-42)33(43)29-18-28(36-34(44)38-32-25(4)39-48-26(32)5)15-16-30(29)47-24(3)12-10-11-17-46-31(22)20-40(6)35(45)37-27-13-8-7-9-14-27/h15-16,18,22-24,27,31,42H,7-14,17,19-21H2,1-6H3,(H,37,45)(H2,36,38,44)/t22-,23+,24-,31-/m0/s1. The van der Waals surface area contributed by atoms with Crippen molar-refractivity contribution in [1.82, 2.24) is 20.3 Å². The number of aryl methyl sites for hydroxylation is 2. The molecular weight excluding hydrogens is 616 g/mol. The van der Waals surface area contributed by atoms with E-state index >= 15 is 0 Å². The third kappa shape index (κ3) is 10.1. The molecule has 13 nitrogen and oxygen atoms in total. The molecule has 0 spiro atoms. The number of aliphatic hydroxyl groups is 1. The van der Waals surface area contributed by atoms with Crippen molar-refractivity contribution in [3.05, 3.63) is 35.2 Å². The molecule has 2 aliphatic rings. The van der Waals surface area contributed by atoms with Gasteiger partial charge >= 0.3 is 12.1 Å². The van der Waals surface area contributed by atoms with Gasteiger partial charge in [0.05, 0.1) is 30.4 Å². The second-order valence-corrected chi connectivity index (χ2v) is 13.5. The minimum Gasteiger partial charge on any atom is -0.490 e. The fourth-order valence-electron chi connectivity index (χ4n) is 6.28. The highest BCUT2D eigenvalue weighted by atomic mass is 16.5. The molecule has 266 valence electrons. The van der Waals surface area contributed by atoms with Gasteiger partial charge in [0, 0.05) is 44.4 Å². The van der Waals surface area contributed by atoms with Crippen LogP contribution in [0.1, 0.15) is 93.9 Å². The van der Waals surface area contributed by atoms with Crippen LogP contribution >= 0.6 is 0 Å². The third-order valence-corrected chi connectivity index (χ3v) is 9.31. The first kappa shape index (κ1) is 37.0. The number of fused-ring (bicyclic) bond motifs is 1. The van der Waals surface area contributed by atoms with Crippen LogP contribution in [0.4, 0.5) is 21.0 Å². The van der Waals surface area contributed by atoms with Crippen LogP contribution in [-0.2, 0) is 4.74 Å². The van der Waals surface area contributed by atoms with E-state index in [-0.39, 0.29) is 54.8 Å². The molecule has 4 N–H and O–H groups in total. The zero-order valence-electron chi connectivity index (χ0n) is 29.3. The fourth-order valence-corrected chi connectivity index (χ4v) is 6.28. The Morgan fingerprint density at radius 2 is 1.81 bits per heavy atom. The van der Waals surface area contributed by atoms with Gasteiger partial charge in [0.2, 0.25) is 0 Å². The lowest BCUT2D eigenvalue weighted by Gasteiger charge is -2.36. The van der Waals surface area contributed by atoms with Crippen molar-refractivity contribution in [2.24, 2.45) is 5.92 Å². The zero-order chi connectivity index (χ0) is 34.8. The molecule has 0 radical (unpaired) electrons. The summed E-state index contributed by atoms with van der Waals surface area (Å²) in [6.07, 6.45) is 7.37. The average Bonchev–Trinajstić information content (AvgIpc) is 3.38. The molecule has 1 aliphatic carbocycles. The normalized spacial score (nSPS) is 22.1. The summed E-state index contributed by atoms with van der Waals surface area (Å²) in [4.78, 5) is 43.7. The molecule has 5 amide bonds. The van der Waals surface area contributed by atoms with Gasteiger partial charge in [-0.3, -0.25) is 4.79 Å². The molecule has 2 aromatic rings. The van der Waals surface area contributed by atoms with Crippen LogP contribution in [0.25, 0.3) is 0 Å². The van der Waals surface area contributed by atoms with Gasteiger partial charge in [-0.25, -0.2) is 9.59 Å². The Bertz CT molecular complexity index is 1360. The molecule has 0 unspecified atom stereocenters. The maximum Gasteiger partial charge on any atom is 0.323 e. The summed E-state index contributed by atoms with van der Waals surface area (Å²) in [5.41, 5.74) is 1.68. The third-order valence-electron chi connectivity index (χ3n) is 9.31. The summed E-state index contributed by atoms with van der Waals surface area (Å²) >= 11 is 0. The van der Waals surface area contributed by atoms with E-state index in [4.69, 9.17) is 14.0 Å². The van der Waals surface area contributed by atoms with Gasteiger partial charge in [0.25, 0.3) is 5.91 Å². The Morgan fingerprint density at radius 1 is 1.08 bits per heavy atom. The van der Waals surface area contributed by atoms with E-state index in [2.05, 4.69) is 21.1 Å². The summed E-state index contributed by atoms with van der Waals surface area (Å²) in [6.45, 7) is 10.1. The quantitative estimate of drug-likeness (QED) is 0.292. The number of aromatic nitrogens is 1. The van der Waals surface area contributed by atoms with Crippen molar-refractivity contribution in [3.63, 3.8) is 0 Å². The van der Waals surface area contributed by atoms with E-state index in [1.54, 1.807) is 55.8 Å². The number of hydrogen-bond acceptors (Lipinski definition) is 8. The number of carbonyl (C=O) groups excluding carboxylic acids is 3. The van der Waals surface area contributed by atoms with Gasteiger partial charge in [-0.15, -0.1) is 0 Å². The monoisotopic (exact) mass is 670 g/mol. The van der Waals surface area contributed by atoms with Crippen molar-refractivity contribution in [3.8, 4) is 5.75 Å². The molecule has 1 aliphatic heterocycles. The summed E-state index contributed by atoms with van der Waals surface area (Å²) in [7, 11) is 1.78. The molecule has 1 fully saturated rings. The lowest BCUT2D eigenvalue weighted by molar-refractivity contribution is -0.0123. The number of ether oxygens (including phenoxy) is 2. The first-order chi connectivity index (χ1) is 23.0. The van der Waals surface area contributed by atoms with Gasteiger partial charge in [-0.1, -0.05) is 31.3 Å². The van der Waals surface area contributed by atoms with Crippen molar-refractivity contribution in [1.29, 1.82) is 0 Å². The summed E-state index contributed by atoms with van der Waals surface area (Å²) < 4.78 is 17.8. The minimum atomic E-state index is -0.523. The van der Waals surface area contributed by atoms with E-state index in [0.717, 1.165) is 44.9 Å². The Balaban J connectivity index is 1.57. The Labute approximate surface area is 284 Å². The predicted octanol–water partition coefficient (Wildman–Crippen LogP) is 5.71. The van der Waals surface area contributed by atoms with E-state index in [0.29, 0.717) is 41.7 Å². The first-order valence-corrected chi connectivity index (χ1v) is 17.3. The van der Waals surface area contributed by atoms with E-state index < -0.39 is 12.1 Å². The molecule has 2 heterocycles. The molecular formula is C35H54N6O7. The van der Waals surface area contributed by atoms with Gasteiger partial charge in [-0.05, 0) is 78.0 Å². The number of nitrogens with zero attached hydrogens (tertiary/aromatic N) is 3. The summed E-state index contributed by atoms with van der Waals surface area (Å²) in [6, 6.07) is 4.02. The number of rotatable bonds is 7. The van der Waals surface area contributed by atoms with Crippen LogP contribution in [0.15, 0.2) is 22.7 Å². The van der Waals surface area contributed by atoms with Gasteiger partial charge in [0.15, 0.2) is 5.76 Å². The van der Waals surface area contributed by atoms with Crippen molar-refractivity contribution >= 4 is 29.3 Å². The van der Waals surface area contributed by atoms with Crippen LogP contribution in [0.2, 0.25) is 0 Å². The van der Waals surface area contributed by atoms with E-state index in [1.165, 1.54) is 6.42 Å². The van der Waals surface area contributed by atoms with E-state index in [1.807, 2.05) is 13.8 Å². The number of urea groups is 2. The minimum absolute atomic E-state index is 0.118. The Kier molecular flexibility index (Phi) is 13.5. The Hall–Kier alpha value is -3.84. The van der Waals surface area contributed by atoms with Crippen molar-refractivity contribution in [2.75, 3.05) is 44.0 Å². The predicted molar refractivity (Wildman–Crippen MR) is 184 cm³/mol. The van der Waals surface area contributed by atoms with Gasteiger partial charge in [-0.2, -0.15) is 0 Å². The molecule has 4 atom stereocenters. The average molecular weight is 671 g/mol. The second-order valence-electron chi connectivity index (χ2n) is 13.5. The smallest absolute Gasteiger partial charge is 0.323 e. The molecule has 1 aromatic carbocycles. The van der Waals surface area contributed by atoms with Crippen LogP contribution < -0.4 is 20.7 Å². The number of likely N-dealkylation sites (N-methyl/N-ethyl adjacent to an activating group) is 1. The van der Waals surface area contributed by atoms with Crippen molar-refractivity contribution < 1.29 is 33.5 Å². The number of carbonyl (C=O) groups is 3. The maximum atomic E-state index is 14.4. The number of aliphatic hydroxyl groups excluding tert-OH is 1. The van der Waals surface area contributed by atoms with Crippen LogP contribution in [0.5, 0.6) is 5.75 Å². The highest BCUT2D eigenvalue weighted by molar-refractivity contribution is 6.03. The lowest BCUT2D eigenvalue weighted by atomic mass is 9.96. The molecule has 48 heavy (non-hydrogen) atoms. The molecule has 0 bridgehead atoms. The van der Waals surface area contributed by atoms with Crippen LogP contribution in [0, 0.1) is 19.8 Å². The van der Waals surface area contributed by atoms with Crippen LogP contribution in [-0.4, -0.2) is 95.7 Å². The number of amides is 5. The van der Waals surface area contributed by atoms with Gasteiger partial charge in [0.1, 0.15) is 17.1 Å². The molecule has 1 saturated carbocycles. The maximum absolute atomic E-state index is 14.4. The summed E-state index contributed by atoms with van der Waals surface area (Å²) in [5, 5.41) is 22.8. The largest absolute Gasteiger partial charge is 0.490 e. The SMILES string of the molecule is Cc1noc(C)c1NC(=O)Nc1ccc2c(c1)C(=O)N([C@H](C)CO)C[C@H](C)[C@H](CN(C)C(=O)NC1CCCCC1)OCCCC[C@H](C)O2. The number of anilines is 2. The fraction of sp³-hybridized carbons (Fsp3) is 0.657. The van der Waals surface area contributed by atoms with E-state index in [9.17, 15) is 19.5 Å². The Morgan fingerprint density at radius 3 is 2.50 bits per heavy atom. The lowest BCUT2D eigenvalue weighted by Crippen LogP contribution is -2.50. The molecule has 0 saturated heterocycles. The number of nitrogens with one attached hydrogen (secondary N) is 3. The molecule has 4 rings (SSSR count). The van der Waals surface area contributed by atoms with Gasteiger partial charge < -0.3 is 44.9 Å².